The molecular weight excluding hydrogens is 280 g/mol. The van der Waals surface area contributed by atoms with Crippen molar-refractivity contribution in [2.75, 3.05) is 5.75 Å². The van der Waals surface area contributed by atoms with Crippen LogP contribution in [0.3, 0.4) is 0 Å². The number of pyridine rings is 1. The molecule has 1 aromatic heterocycles. The summed E-state index contributed by atoms with van der Waals surface area (Å²) in [5, 5.41) is 8.59. The van der Waals surface area contributed by atoms with Gasteiger partial charge in [-0.1, -0.05) is 6.07 Å². The fourth-order valence-electron chi connectivity index (χ4n) is 2.01. The third-order valence-electron chi connectivity index (χ3n) is 3.17. The average molecular weight is 298 g/mol. The molecule has 1 saturated carbocycles. The van der Waals surface area contributed by atoms with E-state index in [0.717, 1.165) is 18.4 Å². The van der Waals surface area contributed by atoms with Crippen LogP contribution in [0.5, 0.6) is 0 Å². The van der Waals surface area contributed by atoms with Crippen molar-refractivity contribution in [3.05, 3.63) is 30.1 Å². The molecule has 1 aromatic rings. The van der Waals surface area contributed by atoms with E-state index in [1.807, 2.05) is 6.07 Å². The first kappa shape index (κ1) is 14.9. The topological polar surface area (TPSA) is 87.6 Å². The van der Waals surface area contributed by atoms with E-state index >= 15 is 0 Å². The lowest BCUT2D eigenvalue weighted by Crippen LogP contribution is -2.34. The Labute approximate surface area is 118 Å². The molecule has 0 amide bonds. The number of carbonyl (C=O) groups is 1. The fourth-order valence-corrected chi connectivity index (χ4v) is 3.77. The maximum absolute atomic E-state index is 12.3. The molecule has 0 atom stereocenters. The van der Waals surface area contributed by atoms with Crippen molar-refractivity contribution < 1.29 is 18.3 Å². The summed E-state index contributed by atoms with van der Waals surface area (Å²) in [5.41, 5.74) is 0.848. The summed E-state index contributed by atoms with van der Waals surface area (Å²) in [4.78, 5) is 14.5. The van der Waals surface area contributed by atoms with Crippen molar-refractivity contribution in [3.8, 4) is 0 Å². The van der Waals surface area contributed by atoms with Crippen LogP contribution in [0.15, 0.2) is 24.5 Å². The van der Waals surface area contributed by atoms with Crippen LogP contribution in [-0.2, 0) is 21.4 Å². The van der Waals surface area contributed by atoms with Gasteiger partial charge >= 0.3 is 5.97 Å². The minimum absolute atomic E-state index is 0.0602. The molecular formula is C13H18N2O4S. The zero-order valence-electron chi connectivity index (χ0n) is 11.1. The monoisotopic (exact) mass is 298 g/mol. The van der Waals surface area contributed by atoms with E-state index in [1.165, 1.54) is 4.31 Å². The number of sulfonamides is 1. The van der Waals surface area contributed by atoms with Crippen molar-refractivity contribution in [2.45, 2.75) is 38.3 Å². The maximum atomic E-state index is 12.3. The van der Waals surface area contributed by atoms with Gasteiger partial charge in [-0.25, -0.2) is 8.42 Å². The van der Waals surface area contributed by atoms with E-state index in [1.54, 1.807) is 18.5 Å². The van der Waals surface area contributed by atoms with Gasteiger partial charge in [0.25, 0.3) is 0 Å². The summed E-state index contributed by atoms with van der Waals surface area (Å²) in [6, 6.07) is 3.68. The van der Waals surface area contributed by atoms with E-state index in [0.29, 0.717) is 6.54 Å². The van der Waals surface area contributed by atoms with Gasteiger partial charge in [-0.05, 0) is 30.9 Å². The number of hydrogen-bond donors (Lipinski definition) is 1. The summed E-state index contributed by atoms with van der Waals surface area (Å²) >= 11 is 0. The van der Waals surface area contributed by atoms with Crippen LogP contribution in [0.25, 0.3) is 0 Å². The highest BCUT2D eigenvalue weighted by molar-refractivity contribution is 7.89. The SMILES string of the molecule is O=C(O)CCCS(=O)(=O)N(Cc1cccnc1)C1CC1. The number of aromatic nitrogens is 1. The van der Waals surface area contributed by atoms with E-state index in [2.05, 4.69) is 4.98 Å². The lowest BCUT2D eigenvalue weighted by molar-refractivity contribution is -0.137. The van der Waals surface area contributed by atoms with Gasteiger partial charge in [0.1, 0.15) is 0 Å². The third kappa shape index (κ3) is 4.28. The number of aliphatic carboxylic acids is 1. The molecule has 0 aliphatic heterocycles. The van der Waals surface area contributed by atoms with Crippen molar-refractivity contribution in [1.29, 1.82) is 0 Å². The van der Waals surface area contributed by atoms with Gasteiger partial charge in [-0.3, -0.25) is 9.78 Å². The average Bonchev–Trinajstić information content (AvgIpc) is 3.20. The summed E-state index contributed by atoms with van der Waals surface area (Å²) in [5.74, 6) is -1.08. The summed E-state index contributed by atoms with van der Waals surface area (Å²) < 4.78 is 26.1. The molecule has 1 aliphatic carbocycles. The Kier molecular flexibility index (Phi) is 4.72. The molecule has 2 rings (SSSR count). The van der Waals surface area contributed by atoms with Crippen LogP contribution in [0, 0.1) is 0 Å². The number of carboxylic acids is 1. The first-order valence-corrected chi connectivity index (χ1v) is 8.20. The second kappa shape index (κ2) is 6.32. The fraction of sp³-hybridized carbons (Fsp3) is 0.538. The highest BCUT2D eigenvalue weighted by Crippen LogP contribution is 2.31. The predicted molar refractivity (Wildman–Crippen MR) is 73.5 cm³/mol. The van der Waals surface area contributed by atoms with E-state index in [9.17, 15) is 13.2 Å². The lowest BCUT2D eigenvalue weighted by atomic mass is 10.3. The molecule has 0 spiro atoms. The van der Waals surface area contributed by atoms with E-state index in [4.69, 9.17) is 5.11 Å². The van der Waals surface area contributed by atoms with Crippen molar-refractivity contribution in [1.82, 2.24) is 9.29 Å². The van der Waals surface area contributed by atoms with E-state index < -0.39 is 16.0 Å². The quantitative estimate of drug-likeness (QED) is 0.780. The summed E-state index contributed by atoms with van der Waals surface area (Å²) in [6.45, 7) is 0.313. The Hall–Kier alpha value is -1.47. The minimum atomic E-state index is -3.41. The van der Waals surface area contributed by atoms with Gasteiger partial charge in [-0.15, -0.1) is 0 Å². The molecule has 1 fully saturated rings. The van der Waals surface area contributed by atoms with Gasteiger partial charge in [0, 0.05) is 31.4 Å². The Morgan fingerprint density at radius 3 is 2.75 bits per heavy atom. The minimum Gasteiger partial charge on any atom is -0.481 e. The molecule has 110 valence electrons. The largest absolute Gasteiger partial charge is 0.481 e. The Balaban J connectivity index is 2.02. The molecule has 0 aromatic carbocycles. The molecule has 0 saturated heterocycles. The van der Waals surface area contributed by atoms with Gasteiger partial charge < -0.3 is 5.11 Å². The smallest absolute Gasteiger partial charge is 0.303 e. The molecule has 0 bridgehead atoms. The van der Waals surface area contributed by atoms with Crippen molar-refractivity contribution >= 4 is 16.0 Å². The second-order valence-corrected chi connectivity index (χ2v) is 6.99. The summed E-state index contributed by atoms with van der Waals surface area (Å²) in [7, 11) is -3.41. The number of rotatable bonds is 8. The van der Waals surface area contributed by atoms with Gasteiger partial charge in [-0.2, -0.15) is 4.31 Å². The normalized spacial score (nSPS) is 15.4. The van der Waals surface area contributed by atoms with Crippen LogP contribution >= 0.6 is 0 Å². The lowest BCUT2D eigenvalue weighted by Gasteiger charge is -2.21. The van der Waals surface area contributed by atoms with Crippen LogP contribution in [0.1, 0.15) is 31.2 Å². The first-order valence-electron chi connectivity index (χ1n) is 6.59. The number of hydrogen-bond acceptors (Lipinski definition) is 4. The van der Waals surface area contributed by atoms with Gasteiger partial charge in [0.15, 0.2) is 0 Å². The number of carboxylic acid groups (broad SMARTS) is 1. The highest BCUT2D eigenvalue weighted by Gasteiger charge is 2.36. The summed E-state index contributed by atoms with van der Waals surface area (Å²) in [6.07, 6.45) is 5.07. The maximum Gasteiger partial charge on any atom is 0.303 e. The molecule has 1 aliphatic rings. The van der Waals surface area contributed by atoms with E-state index in [-0.39, 0.29) is 24.6 Å². The van der Waals surface area contributed by atoms with Gasteiger partial charge in [0.05, 0.1) is 5.75 Å². The van der Waals surface area contributed by atoms with Crippen LogP contribution in [0.4, 0.5) is 0 Å². The molecule has 7 heteroatoms. The predicted octanol–water partition coefficient (Wildman–Crippen LogP) is 1.24. The zero-order chi connectivity index (χ0) is 14.6. The van der Waals surface area contributed by atoms with Crippen LogP contribution in [0.2, 0.25) is 0 Å². The number of nitrogens with zero attached hydrogens (tertiary/aromatic N) is 2. The van der Waals surface area contributed by atoms with Gasteiger partial charge in [0.2, 0.25) is 10.0 Å². The standard InChI is InChI=1S/C13H18N2O4S/c16-13(17)4-2-8-20(18,19)15(12-5-6-12)10-11-3-1-7-14-9-11/h1,3,7,9,12H,2,4-6,8,10H2,(H,16,17). The van der Waals surface area contributed by atoms with Crippen molar-refractivity contribution in [2.24, 2.45) is 0 Å². The van der Waals surface area contributed by atoms with Crippen LogP contribution < -0.4 is 0 Å². The molecule has 1 heterocycles. The Morgan fingerprint density at radius 2 is 2.20 bits per heavy atom. The Bertz CT molecular complexity index is 555. The molecule has 0 unspecified atom stereocenters. The van der Waals surface area contributed by atoms with Crippen LogP contribution in [-0.4, -0.2) is 40.6 Å². The molecule has 20 heavy (non-hydrogen) atoms. The highest BCUT2D eigenvalue weighted by atomic mass is 32.2. The third-order valence-corrected chi connectivity index (χ3v) is 5.11. The zero-order valence-corrected chi connectivity index (χ0v) is 11.9. The second-order valence-electron chi connectivity index (χ2n) is 4.95. The molecule has 0 radical (unpaired) electrons. The Morgan fingerprint density at radius 1 is 1.45 bits per heavy atom. The molecule has 1 N–H and O–H groups in total. The van der Waals surface area contributed by atoms with Crippen molar-refractivity contribution in [3.63, 3.8) is 0 Å². The molecule has 6 nitrogen and oxygen atoms in total. The first-order chi connectivity index (χ1) is 9.49.